The quantitative estimate of drug-likeness (QED) is 0.319. The number of rotatable bonds is 11. The molecule has 35 heavy (non-hydrogen) atoms. The van der Waals surface area contributed by atoms with Crippen LogP contribution in [0.15, 0.2) is 77.7 Å². The second kappa shape index (κ2) is 12.3. The van der Waals surface area contributed by atoms with E-state index in [0.717, 1.165) is 22.0 Å². The Morgan fingerprint density at radius 3 is 2.29 bits per heavy atom. The zero-order valence-corrected chi connectivity index (χ0v) is 21.9. The number of aryl methyl sites for hydroxylation is 1. The lowest BCUT2D eigenvalue weighted by atomic mass is 10.1. The molecule has 1 N–H and O–H groups in total. The average Bonchev–Trinajstić information content (AvgIpc) is 2.83. The van der Waals surface area contributed by atoms with Crippen LogP contribution in [0.5, 0.6) is 5.75 Å². The van der Waals surface area contributed by atoms with Crippen LogP contribution < -0.4 is 14.4 Å². The Morgan fingerprint density at radius 1 is 0.971 bits per heavy atom. The molecule has 0 saturated heterocycles. The standard InChI is InChI=1S/C26H28Cl2N2O4S/c1-19(2)34-22-13-10-20(11-14-22)7-6-16-29-26(31)18-30(21-12-15-24(27)25(28)17-21)35(32,33)23-8-4-3-5-9-23/h3-5,8-15,17,19H,6-7,16,18H2,1-2H3,(H,29,31). The molecule has 9 heteroatoms. The van der Waals surface area contributed by atoms with Crippen LogP contribution in [0.25, 0.3) is 0 Å². The fourth-order valence-electron chi connectivity index (χ4n) is 3.39. The molecule has 0 unspecified atom stereocenters. The summed E-state index contributed by atoms with van der Waals surface area (Å²) in [4.78, 5) is 12.8. The second-order valence-corrected chi connectivity index (χ2v) is 10.9. The van der Waals surface area contributed by atoms with Crippen LogP contribution in [-0.4, -0.2) is 33.5 Å². The molecule has 6 nitrogen and oxygen atoms in total. The minimum Gasteiger partial charge on any atom is -0.491 e. The topological polar surface area (TPSA) is 75.7 Å². The van der Waals surface area contributed by atoms with E-state index < -0.39 is 22.5 Å². The third kappa shape index (κ3) is 7.62. The van der Waals surface area contributed by atoms with Gasteiger partial charge in [-0.1, -0.05) is 53.5 Å². The number of nitrogens with zero attached hydrogens (tertiary/aromatic N) is 1. The summed E-state index contributed by atoms with van der Waals surface area (Å²) in [6, 6.07) is 20.2. The van der Waals surface area contributed by atoms with E-state index in [1.807, 2.05) is 38.1 Å². The largest absolute Gasteiger partial charge is 0.491 e. The molecule has 3 aromatic carbocycles. The van der Waals surface area contributed by atoms with Crippen LogP contribution in [0.4, 0.5) is 5.69 Å². The highest BCUT2D eigenvalue weighted by molar-refractivity contribution is 7.92. The van der Waals surface area contributed by atoms with Gasteiger partial charge in [0.2, 0.25) is 5.91 Å². The molecule has 0 aliphatic heterocycles. The predicted octanol–water partition coefficient (Wildman–Crippen LogP) is 5.72. The normalized spacial score (nSPS) is 11.3. The second-order valence-electron chi connectivity index (χ2n) is 8.19. The molecule has 0 saturated carbocycles. The van der Waals surface area contributed by atoms with E-state index in [1.165, 1.54) is 30.3 Å². The molecule has 0 heterocycles. The maximum Gasteiger partial charge on any atom is 0.264 e. The number of anilines is 1. The molecule has 0 fully saturated rings. The molecular formula is C26H28Cl2N2O4S. The van der Waals surface area contributed by atoms with E-state index >= 15 is 0 Å². The summed E-state index contributed by atoms with van der Waals surface area (Å²) < 4.78 is 33.3. The SMILES string of the molecule is CC(C)Oc1ccc(CCCNC(=O)CN(c2ccc(Cl)c(Cl)c2)S(=O)(=O)c2ccccc2)cc1. The number of hydrogen-bond donors (Lipinski definition) is 1. The van der Waals surface area contributed by atoms with Crippen LogP contribution >= 0.6 is 23.2 Å². The van der Waals surface area contributed by atoms with Crippen LogP contribution in [0.2, 0.25) is 10.0 Å². The Labute approximate surface area is 216 Å². The first-order chi connectivity index (χ1) is 16.7. The Bertz CT molecular complexity index is 1230. The van der Waals surface area contributed by atoms with Gasteiger partial charge in [-0.05, 0) is 74.7 Å². The molecular weight excluding hydrogens is 507 g/mol. The van der Waals surface area contributed by atoms with Crippen molar-refractivity contribution in [2.24, 2.45) is 0 Å². The molecule has 0 radical (unpaired) electrons. The van der Waals surface area contributed by atoms with E-state index in [9.17, 15) is 13.2 Å². The first-order valence-corrected chi connectivity index (χ1v) is 13.4. The fourth-order valence-corrected chi connectivity index (χ4v) is 5.11. The van der Waals surface area contributed by atoms with E-state index in [2.05, 4.69) is 5.32 Å². The monoisotopic (exact) mass is 534 g/mol. The van der Waals surface area contributed by atoms with E-state index in [-0.39, 0.29) is 21.7 Å². The lowest BCUT2D eigenvalue weighted by Gasteiger charge is -2.24. The maximum atomic E-state index is 13.3. The van der Waals surface area contributed by atoms with Crippen molar-refractivity contribution >= 4 is 44.8 Å². The van der Waals surface area contributed by atoms with Gasteiger partial charge < -0.3 is 10.1 Å². The first kappa shape index (κ1) is 26.9. The van der Waals surface area contributed by atoms with Crippen molar-refractivity contribution in [1.29, 1.82) is 0 Å². The molecule has 0 aliphatic carbocycles. The molecule has 1 amide bonds. The number of carbonyl (C=O) groups excluding carboxylic acids is 1. The van der Waals surface area contributed by atoms with E-state index in [0.29, 0.717) is 18.0 Å². The minimum atomic E-state index is -4.01. The minimum absolute atomic E-state index is 0.0729. The highest BCUT2D eigenvalue weighted by Gasteiger charge is 2.27. The van der Waals surface area contributed by atoms with Gasteiger partial charge in [0.15, 0.2) is 0 Å². The zero-order chi connectivity index (χ0) is 25.4. The number of nitrogens with one attached hydrogen (secondary N) is 1. The summed E-state index contributed by atoms with van der Waals surface area (Å²) in [5, 5.41) is 3.30. The van der Waals surface area contributed by atoms with Crippen molar-refractivity contribution in [3.63, 3.8) is 0 Å². The van der Waals surface area contributed by atoms with Gasteiger partial charge in [0.25, 0.3) is 10.0 Å². The lowest BCUT2D eigenvalue weighted by Crippen LogP contribution is -2.41. The Morgan fingerprint density at radius 2 is 1.66 bits per heavy atom. The summed E-state index contributed by atoms with van der Waals surface area (Å²) in [5.74, 6) is 0.398. The molecule has 3 aromatic rings. The van der Waals surface area contributed by atoms with Gasteiger partial charge in [-0.2, -0.15) is 0 Å². The summed E-state index contributed by atoms with van der Waals surface area (Å²) in [5.41, 5.74) is 1.38. The number of benzene rings is 3. The van der Waals surface area contributed by atoms with E-state index in [4.69, 9.17) is 27.9 Å². The highest BCUT2D eigenvalue weighted by Crippen LogP contribution is 2.30. The smallest absolute Gasteiger partial charge is 0.264 e. The van der Waals surface area contributed by atoms with Gasteiger partial charge in [0.05, 0.1) is 26.7 Å². The Hall–Kier alpha value is -2.74. The molecule has 0 spiro atoms. The van der Waals surface area contributed by atoms with Gasteiger partial charge in [0, 0.05) is 6.54 Å². The van der Waals surface area contributed by atoms with Crippen LogP contribution in [0.1, 0.15) is 25.8 Å². The number of carbonyl (C=O) groups is 1. The van der Waals surface area contributed by atoms with Crippen LogP contribution in [-0.2, 0) is 21.2 Å². The molecule has 0 aromatic heterocycles. The van der Waals surface area contributed by atoms with Gasteiger partial charge in [-0.25, -0.2) is 8.42 Å². The zero-order valence-electron chi connectivity index (χ0n) is 19.6. The highest BCUT2D eigenvalue weighted by atomic mass is 35.5. The number of sulfonamides is 1. The number of halogens is 2. The fraction of sp³-hybridized carbons (Fsp3) is 0.269. The Kier molecular flexibility index (Phi) is 9.43. The summed E-state index contributed by atoms with van der Waals surface area (Å²) >= 11 is 12.1. The van der Waals surface area contributed by atoms with Crippen molar-refractivity contribution < 1.29 is 17.9 Å². The molecule has 0 bridgehead atoms. The summed E-state index contributed by atoms with van der Waals surface area (Å²) in [6.07, 6.45) is 1.58. The van der Waals surface area contributed by atoms with Gasteiger partial charge in [-0.15, -0.1) is 0 Å². The molecule has 0 atom stereocenters. The van der Waals surface area contributed by atoms with Crippen molar-refractivity contribution in [3.8, 4) is 5.75 Å². The average molecular weight is 535 g/mol. The van der Waals surface area contributed by atoms with Crippen LogP contribution in [0, 0.1) is 0 Å². The Balaban J connectivity index is 1.64. The third-order valence-corrected chi connectivity index (χ3v) is 7.60. The predicted molar refractivity (Wildman–Crippen MR) is 141 cm³/mol. The van der Waals surface area contributed by atoms with Gasteiger partial charge in [0.1, 0.15) is 12.3 Å². The molecule has 3 rings (SSSR count). The number of amides is 1. The summed E-state index contributed by atoms with van der Waals surface area (Å²) in [7, 11) is -4.01. The third-order valence-electron chi connectivity index (χ3n) is 5.07. The van der Waals surface area contributed by atoms with Gasteiger partial charge in [-0.3, -0.25) is 9.10 Å². The maximum absolute atomic E-state index is 13.3. The first-order valence-electron chi connectivity index (χ1n) is 11.2. The van der Waals surface area contributed by atoms with Gasteiger partial charge >= 0.3 is 0 Å². The molecule has 186 valence electrons. The van der Waals surface area contributed by atoms with Crippen molar-refractivity contribution in [1.82, 2.24) is 5.32 Å². The number of hydrogen-bond acceptors (Lipinski definition) is 4. The van der Waals surface area contributed by atoms with Crippen molar-refractivity contribution in [2.75, 3.05) is 17.4 Å². The van der Waals surface area contributed by atoms with Crippen LogP contribution in [0.3, 0.4) is 0 Å². The lowest BCUT2D eigenvalue weighted by molar-refractivity contribution is -0.119. The van der Waals surface area contributed by atoms with E-state index in [1.54, 1.807) is 18.2 Å². The summed E-state index contributed by atoms with van der Waals surface area (Å²) in [6.45, 7) is 3.97. The van der Waals surface area contributed by atoms with Crippen molar-refractivity contribution in [3.05, 3.63) is 88.4 Å². The van der Waals surface area contributed by atoms with Crippen molar-refractivity contribution in [2.45, 2.75) is 37.7 Å². The molecule has 0 aliphatic rings. The number of ether oxygens (including phenoxy) is 1.